The van der Waals surface area contributed by atoms with Crippen LogP contribution in [-0.4, -0.2) is 74.5 Å². The SMILES string of the molecule is CC1COCCN1c1cc(C2(O)CC(S)C(S)C(S)(S)C2(S)S)c2cnn(-c3ccn[nH]3)c2n1. The van der Waals surface area contributed by atoms with Gasteiger partial charge in [-0.15, -0.1) is 0 Å². The van der Waals surface area contributed by atoms with Crippen molar-refractivity contribution in [2.75, 3.05) is 24.7 Å². The van der Waals surface area contributed by atoms with Crippen molar-refractivity contribution >= 4 is 92.6 Å². The Morgan fingerprint density at radius 3 is 2.68 bits per heavy atom. The van der Waals surface area contributed by atoms with E-state index in [2.05, 4.69) is 39.7 Å². The molecule has 1 saturated carbocycles. The number of aliphatic hydroxyl groups is 1. The number of morpholine rings is 1. The summed E-state index contributed by atoms with van der Waals surface area (Å²) in [5.41, 5.74) is -0.454. The van der Waals surface area contributed by atoms with Crippen molar-refractivity contribution in [3.63, 3.8) is 0 Å². The summed E-state index contributed by atoms with van der Waals surface area (Å²) in [5.74, 6) is 1.34. The first-order valence-electron chi connectivity index (χ1n) is 10.7. The number of fused-ring (bicyclic) bond motifs is 1. The van der Waals surface area contributed by atoms with Gasteiger partial charge in [-0.2, -0.15) is 90.7 Å². The number of hydrogen-bond acceptors (Lipinski definition) is 12. The van der Waals surface area contributed by atoms with Crippen molar-refractivity contribution in [2.45, 2.75) is 43.6 Å². The topological polar surface area (TPSA) is 92.1 Å². The Kier molecular flexibility index (Phi) is 6.62. The van der Waals surface area contributed by atoms with Crippen LogP contribution in [-0.2, 0) is 10.3 Å². The van der Waals surface area contributed by atoms with E-state index in [0.29, 0.717) is 48.0 Å². The Hall–Kier alpha value is -0.350. The summed E-state index contributed by atoms with van der Waals surface area (Å²) in [6.45, 7) is 3.91. The summed E-state index contributed by atoms with van der Waals surface area (Å²) in [6, 6.07) is 3.79. The lowest BCUT2D eigenvalue weighted by Crippen LogP contribution is -2.65. The van der Waals surface area contributed by atoms with E-state index in [1.165, 1.54) is 0 Å². The number of thiol groups is 6. The molecule has 2 fully saturated rings. The second-order valence-corrected chi connectivity index (χ2v) is 13.5. The zero-order valence-corrected chi connectivity index (χ0v) is 23.5. The highest BCUT2D eigenvalue weighted by atomic mass is 32.2. The molecule has 0 radical (unpaired) electrons. The molecule has 0 aromatic carbocycles. The van der Waals surface area contributed by atoms with Crippen LogP contribution in [0.5, 0.6) is 0 Å². The van der Waals surface area contributed by atoms with Crippen LogP contribution >= 0.6 is 75.8 Å². The maximum absolute atomic E-state index is 12.4. The minimum Gasteiger partial charge on any atom is -0.383 e. The van der Waals surface area contributed by atoms with Gasteiger partial charge in [0.15, 0.2) is 11.5 Å². The second-order valence-electron chi connectivity index (χ2n) is 8.86. The number of aromatic amines is 1. The van der Waals surface area contributed by atoms with E-state index in [0.717, 1.165) is 0 Å². The molecule has 4 unspecified atom stereocenters. The first-order chi connectivity index (χ1) is 16.0. The van der Waals surface area contributed by atoms with E-state index in [4.69, 9.17) is 72.9 Å². The van der Waals surface area contributed by atoms with Crippen molar-refractivity contribution < 1.29 is 9.84 Å². The van der Waals surface area contributed by atoms with Crippen LogP contribution in [0.25, 0.3) is 16.9 Å². The van der Waals surface area contributed by atoms with Crippen molar-refractivity contribution in [1.82, 2.24) is 25.0 Å². The smallest absolute Gasteiger partial charge is 0.167 e. The zero-order valence-electron chi connectivity index (χ0n) is 18.1. The molecule has 1 saturated heterocycles. The van der Waals surface area contributed by atoms with Crippen molar-refractivity contribution in [2.24, 2.45) is 0 Å². The third-order valence-corrected chi connectivity index (χ3v) is 12.0. The predicted octanol–water partition coefficient (Wildman–Crippen LogP) is 2.67. The summed E-state index contributed by atoms with van der Waals surface area (Å²) in [7, 11) is 0. The van der Waals surface area contributed by atoms with E-state index in [1.54, 1.807) is 23.1 Å². The monoisotopic (exact) mass is 574 g/mol. The fourth-order valence-corrected chi connectivity index (χ4v) is 7.38. The van der Waals surface area contributed by atoms with Gasteiger partial charge in [0.05, 0.1) is 35.7 Å². The van der Waals surface area contributed by atoms with Gasteiger partial charge in [0.2, 0.25) is 0 Å². The van der Waals surface area contributed by atoms with Gasteiger partial charge in [-0.3, -0.25) is 5.10 Å². The summed E-state index contributed by atoms with van der Waals surface area (Å²) < 4.78 is 4.72. The highest BCUT2D eigenvalue weighted by Gasteiger charge is 2.65. The number of H-pyrrole nitrogens is 1. The number of nitrogens with one attached hydrogen (secondary N) is 1. The lowest BCUT2D eigenvalue weighted by molar-refractivity contribution is 0.000927. The number of ether oxygens (including phenoxy) is 1. The molecule has 4 atom stereocenters. The molecule has 2 N–H and O–H groups in total. The molecule has 184 valence electrons. The van der Waals surface area contributed by atoms with Gasteiger partial charge in [-0.1, -0.05) is 0 Å². The predicted molar refractivity (Wildman–Crippen MR) is 154 cm³/mol. The van der Waals surface area contributed by atoms with Crippen LogP contribution in [0.1, 0.15) is 18.9 Å². The molecule has 2 aliphatic rings. The minimum absolute atomic E-state index is 0.0983. The molecule has 0 spiro atoms. The molecule has 3 aromatic rings. The van der Waals surface area contributed by atoms with Crippen LogP contribution in [0.15, 0.2) is 24.5 Å². The second kappa shape index (κ2) is 8.89. The average molecular weight is 575 g/mol. The Bertz CT molecular complexity index is 1200. The Balaban J connectivity index is 1.78. The van der Waals surface area contributed by atoms with Crippen LogP contribution in [0.3, 0.4) is 0 Å². The van der Waals surface area contributed by atoms with E-state index >= 15 is 0 Å². The summed E-state index contributed by atoms with van der Waals surface area (Å²) in [5, 5.41) is 23.8. The summed E-state index contributed by atoms with van der Waals surface area (Å²) >= 11 is 28.6. The van der Waals surface area contributed by atoms with E-state index in [9.17, 15) is 5.11 Å². The summed E-state index contributed by atoms with van der Waals surface area (Å²) in [4.78, 5) is 7.12. The molecule has 1 aliphatic carbocycles. The largest absolute Gasteiger partial charge is 0.383 e. The molecule has 3 aromatic heterocycles. The first-order valence-corrected chi connectivity index (χ1v) is 13.5. The third kappa shape index (κ3) is 3.70. The van der Waals surface area contributed by atoms with Crippen LogP contribution < -0.4 is 4.90 Å². The maximum atomic E-state index is 12.4. The molecule has 8 nitrogen and oxygen atoms in total. The van der Waals surface area contributed by atoms with Crippen LogP contribution in [0, 0.1) is 0 Å². The quantitative estimate of drug-likeness (QED) is 0.181. The molecule has 4 heterocycles. The zero-order chi connectivity index (χ0) is 24.5. The standard InChI is InChI=1S/C20H26N6O2S6/c1-10-9-28-5-4-25(10)15-6-12(11-8-22-26(17(11)23-15)14-2-3-21-24-14)18(27)7-13(29)16(30)19(31,32)20(18,33)34/h2-3,6,8,10,13,16,27,29-34H,4-5,7,9H2,1H3,(H,21,24). The average Bonchev–Trinajstić information content (AvgIpc) is 3.46. The molecular formula is C20H26N6O2S6. The third-order valence-electron chi connectivity index (χ3n) is 6.72. The van der Waals surface area contributed by atoms with Crippen molar-refractivity contribution in [1.29, 1.82) is 0 Å². The molecule has 5 rings (SSSR count). The van der Waals surface area contributed by atoms with Gasteiger partial charge in [-0.05, 0) is 19.4 Å². The minimum atomic E-state index is -1.60. The van der Waals surface area contributed by atoms with Gasteiger partial charge in [0.1, 0.15) is 15.5 Å². The molecule has 34 heavy (non-hydrogen) atoms. The van der Waals surface area contributed by atoms with Gasteiger partial charge in [-0.25, -0.2) is 4.98 Å². The van der Waals surface area contributed by atoms with Crippen molar-refractivity contribution in [3.05, 3.63) is 30.1 Å². The number of anilines is 1. The lowest BCUT2D eigenvalue weighted by atomic mass is 9.76. The molecular weight excluding hydrogens is 549 g/mol. The van der Waals surface area contributed by atoms with E-state index in [-0.39, 0.29) is 23.0 Å². The van der Waals surface area contributed by atoms with E-state index < -0.39 is 13.8 Å². The van der Waals surface area contributed by atoms with Gasteiger partial charge in [0, 0.05) is 34.1 Å². The van der Waals surface area contributed by atoms with Gasteiger partial charge in [0.25, 0.3) is 0 Å². The maximum Gasteiger partial charge on any atom is 0.167 e. The Morgan fingerprint density at radius 1 is 1.24 bits per heavy atom. The number of pyridine rings is 1. The molecule has 0 bridgehead atoms. The van der Waals surface area contributed by atoms with Crippen LogP contribution in [0.2, 0.25) is 0 Å². The number of hydrogen-bond donors (Lipinski definition) is 8. The molecule has 14 heteroatoms. The normalized spacial score (nSPS) is 31.2. The highest BCUT2D eigenvalue weighted by molar-refractivity contribution is 8.09. The van der Waals surface area contributed by atoms with Crippen molar-refractivity contribution in [3.8, 4) is 5.82 Å². The lowest BCUT2D eigenvalue weighted by Gasteiger charge is -2.57. The molecule has 0 amide bonds. The fourth-order valence-electron chi connectivity index (χ4n) is 4.72. The number of nitrogens with zero attached hydrogens (tertiary/aromatic N) is 5. The summed E-state index contributed by atoms with van der Waals surface area (Å²) in [6.07, 6.45) is 3.56. The van der Waals surface area contributed by atoms with E-state index in [1.807, 2.05) is 6.07 Å². The Morgan fingerprint density at radius 2 is 2.00 bits per heavy atom. The van der Waals surface area contributed by atoms with Gasteiger partial charge < -0.3 is 14.7 Å². The first kappa shape index (κ1) is 25.3. The Labute approximate surface area is 230 Å². The highest BCUT2D eigenvalue weighted by Crippen LogP contribution is 2.62. The van der Waals surface area contributed by atoms with Crippen LogP contribution in [0.4, 0.5) is 5.82 Å². The van der Waals surface area contributed by atoms with Gasteiger partial charge >= 0.3 is 0 Å². The number of rotatable bonds is 3. The molecule has 1 aliphatic heterocycles. The fraction of sp³-hybridized carbons (Fsp3) is 0.550. The number of aromatic nitrogens is 5.